The average Bonchev–Trinajstić information content (AvgIpc) is 2.96. The van der Waals surface area contributed by atoms with Crippen molar-refractivity contribution < 1.29 is 28.5 Å². The van der Waals surface area contributed by atoms with Crippen LogP contribution in [0, 0.1) is 0 Å². The van der Waals surface area contributed by atoms with Gasteiger partial charge in [-0.2, -0.15) is 0 Å². The normalized spacial score (nSPS) is 11.6. The van der Waals surface area contributed by atoms with Crippen molar-refractivity contribution in [3.8, 4) is 28.4 Å². The molecule has 6 heteroatoms. The van der Waals surface area contributed by atoms with E-state index in [1.54, 1.807) is 32.4 Å². The zero-order chi connectivity index (χ0) is 27.2. The first-order valence-corrected chi connectivity index (χ1v) is 12.5. The number of carbonyl (C=O) groups excluding carboxylic acids is 2. The molecule has 0 aromatic heterocycles. The molecule has 0 aliphatic carbocycles. The molecule has 0 spiro atoms. The van der Waals surface area contributed by atoms with Crippen LogP contribution >= 0.6 is 0 Å². The molecule has 6 nitrogen and oxygen atoms in total. The molecule has 38 heavy (non-hydrogen) atoms. The monoisotopic (exact) mass is 514 g/mol. The zero-order valence-corrected chi connectivity index (χ0v) is 21.9. The molecule has 0 saturated heterocycles. The fraction of sp³-hybridized carbons (Fsp3) is 0.250. The Balaban J connectivity index is 1.42. The smallest absolute Gasteiger partial charge is 0.336 e. The first-order valence-electron chi connectivity index (χ1n) is 12.5. The summed E-state index contributed by atoms with van der Waals surface area (Å²) >= 11 is 0. The maximum absolute atomic E-state index is 12.2. The van der Waals surface area contributed by atoms with E-state index in [2.05, 4.69) is 6.58 Å². The van der Waals surface area contributed by atoms with Crippen LogP contribution in [0.5, 0.6) is 17.2 Å². The molecule has 1 unspecified atom stereocenters. The van der Waals surface area contributed by atoms with Crippen molar-refractivity contribution in [3.63, 3.8) is 0 Å². The number of esters is 1. The van der Waals surface area contributed by atoms with Gasteiger partial charge in [-0.1, -0.05) is 43.0 Å². The van der Waals surface area contributed by atoms with Gasteiger partial charge >= 0.3 is 5.97 Å². The van der Waals surface area contributed by atoms with Crippen LogP contribution in [0.3, 0.4) is 0 Å². The Morgan fingerprint density at radius 2 is 1.45 bits per heavy atom. The van der Waals surface area contributed by atoms with Crippen LogP contribution < -0.4 is 14.2 Å². The molecule has 3 aromatic rings. The van der Waals surface area contributed by atoms with Gasteiger partial charge in [-0.15, -0.1) is 0 Å². The lowest BCUT2D eigenvalue weighted by Crippen LogP contribution is -2.12. The molecule has 3 aromatic carbocycles. The van der Waals surface area contributed by atoms with Crippen LogP contribution in [-0.2, 0) is 14.3 Å². The van der Waals surface area contributed by atoms with Gasteiger partial charge in [-0.25, -0.2) is 4.79 Å². The predicted octanol–water partition coefficient (Wildman–Crippen LogP) is 6.69. The van der Waals surface area contributed by atoms with Gasteiger partial charge in [-0.05, 0) is 84.0 Å². The van der Waals surface area contributed by atoms with Crippen LogP contribution in [0.15, 0.2) is 91.0 Å². The topological polar surface area (TPSA) is 71.1 Å². The van der Waals surface area contributed by atoms with Gasteiger partial charge < -0.3 is 18.9 Å². The third-order valence-electron chi connectivity index (χ3n) is 5.97. The minimum absolute atomic E-state index is 0.0118. The third-order valence-corrected chi connectivity index (χ3v) is 5.97. The second-order valence-electron chi connectivity index (χ2n) is 8.76. The molecule has 1 atom stereocenters. The van der Waals surface area contributed by atoms with Crippen molar-refractivity contribution in [2.75, 3.05) is 20.8 Å². The highest BCUT2D eigenvalue weighted by Crippen LogP contribution is 2.25. The number of aldehydes is 1. The summed E-state index contributed by atoms with van der Waals surface area (Å²) in [5.74, 6) is 1.60. The molecule has 0 saturated carbocycles. The van der Waals surface area contributed by atoms with Crippen LogP contribution in [0.4, 0.5) is 0 Å². The second kappa shape index (κ2) is 15.2. The van der Waals surface area contributed by atoms with Crippen molar-refractivity contribution in [2.45, 2.75) is 31.8 Å². The molecule has 0 fully saturated rings. The Morgan fingerprint density at radius 3 is 2.03 bits per heavy atom. The Kier molecular flexibility index (Phi) is 11.3. The van der Waals surface area contributed by atoms with Crippen molar-refractivity contribution in [3.05, 3.63) is 96.6 Å². The molecule has 0 aliphatic heterocycles. The predicted molar refractivity (Wildman–Crippen MR) is 150 cm³/mol. The quantitative estimate of drug-likeness (QED) is 0.0740. The van der Waals surface area contributed by atoms with Crippen LogP contribution in [-0.4, -0.2) is 39.2 Å². The highest BCUT2D eigenvalue weighted by molar-refractivity contribution is 5.88. The second-order valence-corrected chi connectivity index (χ2v) is 8.76. The first kappa shape index (κ1) is 28.4. The number of rotatable bonds is 15. The van der Waals surface area contributed by atoms with Crippen molar-refractivity contribution in [1.29, 1.82) is 0 Å². The summed E-state index contributed by atoms with van der Waals surface area (Å²) in [7, 11) is 3.27. The summed E-state index contributed by atoms with van der Waals surface area (Å²) in [6, 6.07) is 22.7. The number of ether oxygens (including phenoxy) is 4. The Bertz CT molecular complexity index is 1190. The highest BCUT2D eigenvalue weighted by Gasteiger charge is 2.09. The summed E-state index contributed by atoms with van der Waals surface area (Å²) < 4.78 is 21.8. The summed E-state index contributed by atoms with van der Waals surface area (Å²) in [5, 5.41) is 0. The largest absolute Gasteiger partial charge is 0.497 e. The van der Waals surface area contributed by atoms with Gasteiger partial charge in [0, 0.05) is 19.6 Å². The molecule has 0 N–H and O–H groups in total. The lowest BCUT2D eigenvalue weighted by atomic mass is 10.1. The molecular weight excluding hydrogens is 480 g/mol. The molecule has 0 aliphatic rings. The molecule has 0 radical (unpaired) electrons. The van der Waals surface area contributed by atoms with Gasteiger partial charge in [-0.3, -0.25) is 4.79 Å². The molecule has 3 rings (SSSR count). The Hall–Kier alpha value is -4.16. The van der Waals surface area contributed by atoms with E-state index >= 15 is 0 Å². The summed E-state index contributed by atoms with van der Waals surface area (Å²) in [5.41, 5.74) is 3.48. The van der Waals surface area contributed by atoms with Gasteiger partial charge in [0.2, 0.25) is 0 Å². The molecule has 198 valence electrons. The average molecular weight is 515 g/mol. The van der Waals surface area contributed by atoms with Crippen LogP contribution in [0.2, 0.25) is 0 Å². The van der Waals surface area contributed by atoms with Crippen molar-refractivity contribution in [2.24, 2.45) is 0 Å². The Labute approximate surface area is 224 Å². The number of hydrogen-bond donors (Lipinski definition) is 0. The minimum atomic E-state index is -0.445. The van der Waals surface area contributed by atoms with Crippen LogP contribution in [0.1, 0.15) is 31.2 Å². The molecule has 0 amide bonds. The zero-order valence-electron chi connectivity index (χ0n) is 21.9. The van der Waals surface area contributed by atoms with Crippen LogP contribution in [0.25, 0.3) is 17.2 Å². The summed E-state index contributed by atoms with van der Waals surface area (Å²) in [4.78, 5) is 22.9. The molecule has 0 heterocycles. The van der Waals surface area contributed by atoms with Gasteiger partial charge in [0.1, 0.15) is 23.5 Å². The number of benzene rings is 3. The third kappa shape index (κ3) is 9.37. The van der Waals surface area contributed by atoms with E-state index in [9.17, 15) is 9.59 Å². The first-order chi connectivity index (χ1) is 18.5. The van der Waals surface area contributed by atoms with E-state index < -0.39 is 5.97 Å². The van der Waals surface area contributed by atoms with E-state index in [0.717, 1.165) is 53.7 Å². The fourth-order valence-electron chi connectivity index (χ4n) is 3.80. The van der Waals surface area contributed by atoms with E-state index in [1.165, 1.54) is 6.08 Å². The highest BCUT2D eigenvalue weighted by atomic mass is 16.5. The number of unbranched alkanes of at least 4 members (excludes halogenated alkanes) is 1. The van der Waals surface area contributed by atoms with Gasteiger partial charge in [0.15, 0.2) is 0 Å². The van der Waals surface area contributed by atoms with Crippen molar-refractivity contribution in [1.82, 2.24) is 0 Å². The maximum Gasteiger partial charge on any atom is 0.336 e. The summed E-state index contributed by atoms with van der Waals surface area (Å²) in [6.07, 6.45) is 7.15. The number of carbonyl (C=O) groups is 2. The number of methoxy groups -OCH3 is 2. The summed E-state index contributed by atoms with van der Waals surface area (Å²) in [6.45, 7) is 4.32. The lowest BCUT2D eigenvalue weighted by molar-refractivity contribution is -0.128. The molecular formula is C32H34O6. The van der Waals surface area contributed by atoms with E-state index in [1.807, 2.05) is 60.7 Å². The van der Waals surface area contributed by atoms with Gasteiger partial charge in [0.25, 0.3) is 0 Å². The van der Waals surface area contributed by atoms with E-state index in [4.69, 9.17) is 18.9 Å². The van der Waals surface area contributed by atoms with E-state index in [0.29, 0.717) is 24.4 Å². The minimum Gasteiger partial charge on any atom is -0.497 e. The fourth-order valence-corrected chi connectivity index (χ4v) is 3.80. The number of hydrogen-bond acceptors (Lipinski definition) is 6. The van der Waals surface area contributed by atoms with Crippen molar-refractivity contribution >= 4 is 18.3 Å². The standard InChI is InChI=1S/C32H34O6/c1-24(23-33)22-31(36-3)6-4-5-21-37-29-16-10-26(11-17-29)27-12-18-30(19-13-27)38-32(34)20-9-25-7-14-28(35-2)15-8-25/h7-20,23,31H,1,4-6,21-22H2,2-3H3/b20-9+. The lowest BCUT2D eigenvalue weighted by Gasteiger charge is -2.14. The van der Waals surface area contributed by atoms with Gasteiger partial charge in [0.05, 0.1) is 19.8 Å². The maximum atomic E-state index is 12.2. The molecule has 0 bridgehead atoms. The SMILES string of the molecule is C=C(C=O)CC(CCCCOc1ccc(-c2ccc(OC(=O)/C=C/c3ccc(OC)cc3)cc2)cc1)OC. The Morgan fingerprint density at radius 1 is 0.842 bits per heavy atom. The van der Waals surface area contributed by atoms with E-state index in [-0.39, 0.29) is 6.10 Å².